The largest absolute Gasteiger partial charge is 0.508 e. The standard InChI is InChI=1S/C78H133N21O22/c1-38(2)35-47(81)63(106)92-57(39(3)4)72(115)88-50(21-16-32-85-78(83)84)65(108)90-52(36-45-24-26-46(104)27-25-45)68(111)95-60(42(9)101)74(117)89-48(19-12-14-30-79)64(107)86-49(20-13-15-31-80)66(109)94-59(41(7)8)75(118)98-33-17-22-54(98)70(113)87-51(28-29-56(82)105)67(110)93-58(40(5)6)73(116)91-53(37-100)69(112)96-61(43(10)102)76(119)99-34-18-23-55(99)71(114)97-62(44(11)103)77(120)121/h24-27,38-44,47-55,57-62,100-104H,12-23,28-37,79-81H2,1-11H3,(H2,82,105)(H,86,107)(H,87,113)(H,88,115)(H,89,117)(H,90,108)(H,91,116)(H,92,106)(H,93,110)(H,94,109)(H,95,111)(H,96,112)(H,97,114)(H,120,121)(H4,83,84,85)/t42-,43-,44-,47+,48+,49+,50+,51+,52+,53+,54+,55+,57+,58+,59+,60+,61+,62+/m1/s1. The van der Waals surface area contributed by atoms with Crippen LogP contribution >= 0.6 is 0 Å². The molecule has 0 radical (unpaired) electrons. The first kappa shape index (κ1) is 105. The van der Waals surface area contributed by atoms with E-state index < -0.39 is 241 Å². The summed E-state index contributed by atoms with van der Waals surface area (Å²) < 4.78 is 0. The van der Waals surface area contributed by atoms with Gasteiger partial charge >= 0.3 is 5.97 Å². The minimum absolute atomic E-state index is 0.00514. The Bertz CT molecular complexity index is 3680. The van der Waals surface area contributed by atoms with Crippen molar-refractivity contribution in [2.24, 2.45) is 63.1 Å². The number of hydrogen-bond acceptors (Lipinski definition) is 25. The Kier molecular flexibility index (Phi) is 45.0. The molecule has 0 saturated carbocycles. The molecule has 43 nitrogen and oxygen atoms in total. The van der Waals surface area contributed by atoms with Crippen molar-refractivity contribution in [3.63, 3.8) is 0 Å². The lowest BCUT2D eigenvalue weighted by Gasteiger charge is -2.33. The van der Waals surface area contributed by atoms with Crippen LogP contribution in [0.5, 0.6) is 5.75 Å². The minimum atomic E-state index is -1.86. The maximum absolute atomic E-state index is 14.9. The average molecular weight is 1720 g/mol. The van der Waals surface area contributed by atoms with Crippen molar-refractivity contribution >= 4 is 101 Å². The fourth-order valence-corrected chi connectivity index (χ4v) is 13.6. The molecule has 121 heavy (non-hydrogen) atoms. The number of guanidine groups is 1. The molecule has 43 heteroatoms. The van der Waals surface area contributed by atoms with Crippen LogP contribution in [0.1, 0.15) is 178 Å². The number of carboxylic acids is 1. The second kappa shape index (κ2) is 52.0. The number of carbonyl (C=O) groups excluding carboxylic acids is 15. The molecule has 0 spiro atoms. The maximum atomic E-state index is 14.9. The van der Waals surface area contributed by atoms with Gasteiger partial charge in [-0.25, -0.2) is 4.79 Å². The molecule has 15 amide bonds. The fourth-order valence-electron chi connectivity index (χ4n) is 13.6. The number of hydrogen-bond donors (Lipinski definition) is 24. The van der Waals surface area contributed by atoms with Crippen molar-refractivity contribution < 1.29 is 107 Å². The SMILES string of the molecule is CC(C)C[C@H](N)C(=O)N[C@H](C(=O)N[C@@H](CCCN=C(N)N)C(=O)N[C@@H](Cc1ccc(O)cc1)C(=O)N[C@H](C(=O)N[C@@H](CCCCN)C(=O)N[C@@H](CCCCN)C(=O)N[C@H](C(=O)N1CCC[C@H]1C(=O)N[C@@H](CCC(N)=O)C(=O)N[C@H](C(=O)N[C@@H](CO)C(=O)N[C@H](C(=O)N1CCC[C@H]1C(=O)N[C@H](C(=O)O)[C@@H](C)O)[C@@H](C)O)C(C)C)C(C)C)[C@@H](C)O)C(C)C. The normalized spacial score (nSPS) is 17.9. The zero-order valence-electron chi connectivity index (χ0n) is 71.1. The van der Waals surface area contributed by atoms with E-state index in [2.05, 4.69) is 68.8 Å². The Hall–Kier alpha value is -10.5. The van der Waals surface area contributed by atoms with Crippen LogP contribution in [-0.4, -0.2) is 289 Å². The van der Waals surface area contributed by atoms with Crippen molar-refractivity contribution in [1.29, 1.82) is 0 Å². The number of aliphatic hydroxyl groups excluding tert-OH is 4. The van der Waals surface area contributed by atoms with Crippen LogP contribution in [0.4, 0.5) is 0 Å². The number of nitrogens with zero attached hydrogens (tertiary/aromatic N) is 3. The predicted octanol–water partition coefficient (Wildman–Crippen LogP) is -7.13. The summed E-state index contributed by atoms with van der Waals surface area (Å²) in [6.45, 7) is 15.8. The van der Waals surface area contributed by atoms with Crippen LogP contribution in [0.3, 0.4) is 0 Å². The number of amides is 15. The summed E-state index contributed by atoms with van der Waals surface area (Å²) in [6.07, 6.45) is -4.38. The Balaban J connectivity index is 1.92. The Morgan fingerprint density at radius 2 is 0.810 bits per heavy atom. The number of aromatic hydroxyl groups is 1. The number of aliphatic hydroxyl groups is 4. The minimum Gasteiger partial charge on any atom is -0.508 e. The third-order valence-corrected chi connectivity index (χ3v) is 20.5. The van der Waals surface area contributed by atoms with Crippen LogP contribution < -0.4 is 98.2 Å². The van der Waals surface area contributed by atoms with Crippen LogP contribution in [0, 0.1) is 23.7 Å². The lowest BCUT2D eigenvalue weighted by atomic mass is 9.99. The molecule has 682 valence electrons. The first-order valence-corrected chi connectivity index (χ1v) is 41.2. The Morgan fingerprint density at radius 3 is 1.24 bits per heavy atom. The number of rotatable bonds is 53. The molecule has 0 aliphatic carbocycles. The van der Waals surface area contributed by atoms with E-state index in [1.54, 1.807) is 27.7 Å². The topological polar surface area (TPSA) is 714 Å². The molecule has 0 aromatic heterocycles. The second-order valence-corrected chi connectivity index (χ2v) is 32.3. The molecule has 2 saturated heterocycles. The molecule has 18 atom stereocenters. The summed E-state index contributed by atoms with van der Waals surface area (Å²) in [5.74, 6) is -18.1. The van der Waals surface area contributed by atoms with E-state index in [1.807, 2.05) is 13.8 Å². The van der Waals surface area contributed by atoms with E-state index in [-0.39, 0.29) is 121 Å². The van der Waals surface area contributed by atoms with Gasteiger partial charge in [-0.2, -0.15) is 0 Å². The van der Waals surface area contributed by atoms with Gasteiger partial charge in [-0.15, -0.1) is 0 Å². The van der Waals surface area contributed by atoms with E-state index in [0.717, 1.165) is 18.7 Å². The lowest BCUT2D eigenvalue weighted by Crippen LogP contribution is -2.63. The van der Waals surface area contributed by atoms with Gasteiger partial charge in [0.15, 0.2) is 12.0 Å². The molecule has 2 aliphatic heterocycles. The molecule has 2 heterocycles. The number of carboxylic acid groups (broad SMARTS) is 1. The Labute approximate surface area is 704 Å². The first-order chi connectivity index (χ1) is 56.8. The van der Waals surface area contributed by atoms with Crippen LogP contribution in [0.2, 0.25) is 0 Å². The number of aliphatic carboxylic acids is 1. The summed E-state index contributed by atoms with van der Waals surface area (Å²) in [4.78, 5) is 229. The van der Waals surface area contributed by atoms with E-state index in [4.69, 9.17) is 34.4 Å². The highest BCUT2D eigenvalue weighted by Crippen LogP contribution is 2.24. The molecule has 2 fully saturated rings. The number of carbonyl (C=O) groups is 16. The summed E-state index contributed by atoms with van der Waals surface area (Å²) in [7, 11) is 0. The third-order valence-electron chi connectivity index (χ3n) is 20.5. The lowest BCUT2D eigenvalue weighted by molar-refractivity contribution is -0.148. The molecule has 0 bridgehead atoms. The van der Waals surface area contributed by atoms with Gasteiger partial charge in [0.25, 0.3) is 0 Å². The molecule has 1 aromatic carbocycles. The highest BCUT2D eigenvalue weighted by molar-refractivity contribution is 6.01. The van der Waals surface area contributed by atoms with Crippen molar-refractivity contribution in [3.8, 4) is 5.75 Å². The van der Waals surface area contributed by atoms with Gasteiger partial charge in [-0.3, -0.25) is 76.9 Å². The summed E-state index contributed by atoms with van der Waals surface area (Å²) >= 11 is 0. The zero-order chi connectivity index (χ0) is 91.4. The zero-order valence-corrected chi connectivity index (χ0v) is 71.1. The molecule has 1 aromatic rings. The molecule has 0 unspecified atom stereocenters. The molecule has 2 aliphatic rings. The highest BCUT2D eigenvalue weighted by atomic mass is 16.4. The van der Waals surface area contributed by atoms with Crippen molar-refractivity contribution in [2.45, 2.75) is 288 Å². The number of primary amides is 1. The molecular formula is C78H133N21O22. The second-order valence-electron chi connectivity index (χ2n) is 32.3. The maximum Gasteiger partial charge on any atom is 0.328 e. The average Bonchev–Trinajstić information content (AvgIpc) is 1.74. The van der Waals surface area contributed by atoms with Gasteiger partial charge < -0.3 is 139 Å². The number of aliphatic imine (C=N–C) groups is 1. The van der Waals surface area contributed by atoms with Gasteiger partial charge in [0.2, 0.25) is 88.6 Å². The monoisotopic (exact) mass is 1720 g/mol. The van der Waals surface area contributed by atoms with Crippen molar-refractivity contribution in [2.75, 3.05) is 39.3 Å². The smallest absolute Gasteiger partial charge is 0.328 e. The summed E-state index contributed by atoms with van der Waals surface area (Å²) in [6, 6.07) is -17.0. The summed E-state index contributed by atoms with van der Waals surface area (Å²) in [5.41, 5.74) is 34.9. The van der Waals surface area contributed by atoms with Crippen LogP contribution in [0.25, 0.3) is 0 Å². The number of unbranched alkanes of at least 4 members (excludes halogenated alkanes) is 2. The number of nitrogens with two attached hydrogens (primary N) is 6. The van der Waals surface area contributed by atoms with Crippen LogP contribution in [-0.2, 0) is 83.1 Å². The van der Waals surface area contributed by atoms with Gasteiger partial charge in [0.1, 0.15) is 84.3 Å². The van der Waals surface area contributed by atoms with Gasteiger partial charge in [0, 0.05) is 32.5 Å². The number of phenols is 1. The van der Waals surface area contributed by atoms with Gasteiger partial charge in [-0.1, -0.05) is 67.5 Å². The Morgan fingerprint density at radius 1 is 0.438 bits per heavy atom. The number of phenolic OH excluding ortho intramolecular Hbond substituents is 1. The van der Waals surface area contributed by atoms with E-state index in [1.165, 1.54) is 49.9 Å². The molecule has 30 N–H and O–H groups in total. The van der Waals surface area contributed by atoms with Crippen LogP contribution in [0.15, 0.2) is 29.3 Å². The fraction of sp³-hybridized carbons (Fsp3) is 0.705. The highest BCUT2D eigenvalue weighted by Gasteiger charge is 2.45. The van der Waals surface area contributed by atoms with E-state index >= 15 is 0 Å². The van der Waals surface area contributed by atoms with Crippen molar-refractivity contribution in [3.05, 3.63) is 29.8 Å². The third kappa shape index (κ3) is 34.5. The predicted molar refractivity (Wildman–Crippen MR) is 440 cm³/mol. The number of benzene rings is 1. The number of likely N-dealkylation sites (tertiary alicyclic amines) is 2. The van der Waals surface area contributed by atoms with E-state index in [9.17, 15) is 107 Å². The van der Waals surface area contributed by atoms with Gasteiger partial charge in [0.05, 0.1) is 31.0 Å². The quantitative estimate of drug-likeness (QED) is 0.0164. The van der Waals surface area contributed by atoms with Gasteiger partial charge in [-0.05, 0) is 165 Å². The molecule has 3 rings (SSSR count). The summed E-state index contributed by atoms with van der Waals surface area (Å²) in [5, 5.41) is 92.3. The van der Waals surface area contributed by atoms with E-state index in [0.29, 0.717) is 24.8 Å². The molecular weight excluding hydrogens is 1580 g/mol. The first-order valence-electron chi connectivity index (χ1n) is 41.2. The number of nitrogens with one attached hydrogen (secondary N) is 12. The van der Waals surface area contributed by atoms with Crippen molar-refractivity contribution in [1.82, 2.24) is 73.6 Å².